The number of alkyl halides is 2. The molecule has 3 aromatic heterocycles. The van der Waals surface area contributed by atoms with Crippen molar-refractivity contribution in [3.8, 4) is 11.4 Å². The van der Waals surface area contributed by atoms with E-state index >= 15 is 0 Å². The normalized spacial score (nSPS) is 16.6. The van der Waals surface area contributed by atoms with E-state index in [1.165, 1.54) is 0 Å². The summed E-state index contributed by atoms with van der Waals surface area (Å²) >= 11 is 5.92. The van der Waals surface area contributed by atoms with Gasteiger partial charge >= 0.3 is 0 Å². The van der Waals surface area contributed by atoms with Gasteiger partial charge in [0.2, 0.25) is 5.28 Å². The fourth-order valence-corrected chi connectivity index (χ4v) is 2.93. The van der Waals surface area contributed by atoms with E-state index in [0.717, 1.165) is 17.1 Å². The van der Waals surface area contributed by atoms with Gasteiger partial charge in [-0.3, -0.25) is 4.40 Å². The third-order valence-electron chi connectivity index (χ3n) is 3.79. The van der Waals surface area contributed by atoms with Crippen LogP contribution < -0.4 is 4.90 Å². The SMILES string of the molecule is Cc1cc(-c2cnc3ccc(N4CC(F)(F)C4)cn23)nc(Cl)n1. The van der Waals surface area contributed by atoms with Crippen molar-refractivity contribution in [3.63, 3.8) is 0 Å². The average Bonchev–Trinajstić information content (AvgIpc) is 2.86. The lowest BCUT2D eigenvalue weighted by Crippen LogP contribution is -2.56. The van der Waals surface area contributed by atoms with Crippen LogP contribution in [0.2, 0.25) is 5.28 Å². The number of anilines is 1. The van der Waals surface area contributed by atoms with E-state index in [-0.39, 0.29) is 18.4 Å². The topological polar surface area (TPSA) is 46.3 Å². The first-order valence-electron chi connectivity index (χ1n) is 7.03. The summed E-state index contributed by atoms with van der Waals surface area (Å²) in [7, 11) is 0. The maximum Gasteiger partial charge on any atom is 0.282 e. The van der Waals surface area contributed by atoms with Crippen LogP contribution in [0.1, 0.15) is 5.69 Å². The van der Waals surface area contributed by atoms with E-state index in [0.29, 0.717) is 11.3 Å². The Morgan fingerprint density at radius 1 is 1.22 bits per heavy atom. The van der Waals surface area contributed by atoms with Crippen LogP contribution in [0.3, 0.4) is 0 Å². The van der Waals surface area contributed by atoms with Crippen LogP contribution in [-0.2, 0) is 0 Å². The molecule has 0 aliphatic carbocycles. The molecule has 3 aromatic rings. The zero-order valence-corrected chi connectivity index (χ0v) is 12.9. The molecule has 1 saturated heterocycles. The number of aromatic nitrogens is 4. The third-order valence-corrected chi connectivity index (χ3v) is 3.96. The van der Waals surface area contributed by atoms with Crippen LogP contribution in [0.4, 0.5) is 14.5 Å². The molecule has 0 saturated carbocycles. The first-order chi connectivity index (χ1) is 10.9. The number of hydrogen-bond donors (Lipinski definition) is 0. The highest BCUT2D eigenvalue weighted by Gasteiger charge is 2.44. The minimum atomic E-state index is -2.61. The summed E-state index contributed by atoms with van der Waals surface area (Å²) in [6.45, 7) is 1.30. The van der Waals surface area contributed by atoms with E-state index in [1.54, 1.807) is 35.5 Å². The van der Waals surface area contributed by atoms with Crippen LogP contribution in [0.5, 0.6) is 0 Å². The van der Waals surface area contributed by atoms with Gasteiger partial charge in [0.05, 0.1) is 36.4 Å². The van der Waals surface area contributed by atoms with Gasteiger partial charge < -0.3 is 4.90 Å². The van der Waals surface area contributed by atoms with E-state index in [4.69, 9.17) is 11.6 Å². The number of pyridine rings is 1. The maximum absolute atomic E-state index is 13.1. The van der Waals surface area contributed by atoms with Gasteiger partial charge in [0.1, 0.15) is 5.65 Å². The van der Waals surface area contributed by atoms with E-state index in [1.807, 2.05) is 11.3 Å². The Kier molecular flexibility index (Phi) is 3.02. The lowest BCUT2D eigenvalue weighted by atomic mass is 10.1. The second-order valence-corrected chi connectivity index (χ2v) is 5.97. The number of imidazole rings is 1. The van der Waals surface area contributed by atoms with Crippen LogP contribution in [0, 0.1) is 6.92 Å². The highest BCUT2D eigenvalue weighted by Crippen LogP contribution is 2.32. The van der Waals surface area contributed by atoms with Crippen molar-refractivity contribution in [2.75, 3.05) is 18.0 Å². The minimum absolute atomic E-state index is 0.161. The second kappa shape index (κ2) is 4.86. The van der Waals surface area contributed by atoms with Gasteiger partial charge in [-0.1, -0.05) is 0 Å². The van der Waals surface area contributed by atoms with Crippen LogP contribution >= 0.6 is 11.6 Å². The van der Waals surface area contributed by atoms with Gasteiger partial charge in [-0.25, -0.2) is 23.7 Å². The Hall–Kier alpha value is -2.28. The van der Waals surface area contributed by atoms with Crippen molar-refractivity contribution in [1.82, 2.24) is 19.4 Å². The van der Waals surface area contributed by atoms with Gasteiger partial charge in [-0.05, 0) is 36.7 Å². The molecule has 0 bridgehead atoms. The number of fused-ring (bicyclic) bond motifs is 1. The predicted molar refractivity (Wildman–Crippen MR) is 83.1 cm³/mol. The molecule has 0 spiro atoms. The van der Waals surface area contributed by atoms with Crippen molar-refractivity contribution in [3.05, 3.63) is 41.6 Å². The number of halogens is 3. The molecule has 8 heteroatoms. The smallest absolute Gasteiger partial charge is 0.282 e. The zero-order chi connectivity index (χ0) is 16.2. The van der Waals surface area contributed by atoms with E-state index in [9.17, 15) is 8.78 Å². The average molecular weight is 336 g/mol. The Morgan fingerprint density at radius 2 is 2.00 bits per heavy atom. The monoisotopic (exact) mass is 335 g/mol. The first kappa shape index (κ1) is 14.3. The van der Waals surface area contributed by atoms with Crippen molar-refractivity contribution in [2.45, 2.75) is 12.8 Å². The van der Waals surface area contributed by atoms with Gasteiger partial charge in [0, 0.05) is 11.9 Å². The molecule has 4 rings (SSSR count). The van der Waals surface area contributed by atoms with Crippen molar-refractivity contribution < 1.29 is 8.78 Å². The quantitative estimate of drug-likeness (QED) is 0.675. The third kappa shape index (κ3) is 2.50. The molecule has 1 aliphatic heterocycles. The maximum atomic E-state index is 13.1. The molecule has 0 amide bonds. The van der Waals surface area contributed by atoms with Crippen LogP contribution in [0.15, 0.2) is 30.6 Å². The second-order valence-electron chi connectivity index (χ2n) is 5.63. The van der Waals surface area contributed by atoms with Crippen molar-refractivity contribution in [2.24, 2.45) is 0 Å². The Balaban J connectivity index is 1.79. The van der Waals surface area contributed by atoms with Gasteiger partial charge in [-0.15, -0.1) is 0 Å². The molecule has 118 valence electrons. The Labute approximate surface area is 135 Å². The zero-order valence-electron chi connectivity index (χ0n) is 12.2. The number of nitrogens with zero attached hydrogens (tertiary/aromatic N) is 5. The molecule has 0 radical (unpaired) electrons. The summed E-state index contributed by atoms with van der Waals surface area (Å²) in [6, 6.07) is 5.39. The number of aryl methyl sites for hydroxylation is 1. The standard InChI is InChI=1S/C15H12ClF2N5/c1-9-4-11(21-14(16)20-9)12-5-19-13-3-2-10(6-23(12)13)22-7-15(17,18)8-22/h2-6H,7-8H2,1H3. The minimum Gasteiger partial charge on any atom is -0.358 e. The number of hydrogen-bond acceptors (Lipinski definition) is 4. The molecule has 0 atom stereocenters. The molecular weight excluding hydrogens is 324 g/mol. The molecule has 5 nitrogen and oxygen atoms in total. The first-order valence-corrected chi connectivity index (χ1v) is 7.41. The molecule has 23 heavy (non-hydrogen) atoms. The van der Waals surface area contributed by atoms with Crippen molar-refractivity contribution in [1.29, 1.82) is 0 Å². The fourth-order valence-electron chi connectivity index (χ4n) is 2.70. The van der Waals surface area contributed by atoms with Gasteiger partial charge in [-0.2, -0.15) is 0 Å². The Morgan fingerprint density at radius 3 is 2.70 bits per heavy atom. The predicted octanol–water partition coefficient (Wildman–Crippen LogP) is 3.21. The van der Waals surface area contributed by atoms with E-state index in [2.05, 4.69) is 15.0 Å². The molecule has 0 N–H and O–H groups in total. The highest BCUT2D eigenvalue weighted by molar-refractivity contribution is 6.28. The van der Waals surface area contributed by atoms with Gasteiger partial charge in [0.25, 0.3) is 5.92 Å². The van der Waals surface area contributed by atoms with Crippen LogP contribution in [-0.4, -0.2) is 38.4 Å². The largest absolute Gasteiger partial charge is 0.358 e. The fraction of sp³-hybridized carbons (Fsp3) is 0.267. The van der Waals surface area contributed by atoms with Crippen molar-refractivity contribution >= 4 is 22.9 Å². The lowest BCUT2D eigenvalue weighted by molar-refractivity contribution is -0.0262. The molecule has 0 unspecified atom stereocenters. The number of rotatable bonds is 2. The molecular formula is C15H12ClF2N5. The summed E-state index contributed by atoms with van der Waals surface area (Å²) in [4.78, 5) is 14.2. The lowest BCUT2D eigenvalue weighted by Gasteiger charge is -2.40. The summed E-state index contributed by atoms with van der Waals surface area (Å²) in [5.74, 6) is -2.61. The summed E-state index contributed by atoms with van der Waals surface area (Å²) in [6.07, 6.45) is 3.47. The highest BCUT2D eigenvalue weighted by atomic mass is 35.5. The molecule has 1 fully saturated rings. The molecule has 0 aromatic carbocycles. The van der Waals surface area contributed by atoms with Crippen LogP contribution in [0.25, 0.3) is 17.0 Å². The molecule has 1 aliphatic rings. The summed E-state index contributed by atoms with van der Waals surface area (Å²) < 4.78 is 28.0. The van der Waals surface area contributed by atoms with E-state index < -0.39 is 5.92 Å². The van der Waals surface area contributed by atoms with Gasteiger partial charge in [0.15, 0.2) is 0 Å². The summed E-state index contributed by atoms with van der Waals surface area (Å²) in [5, 5.41) is 0.161. The summed E-state index contributed by atoms with van der Waals surface area (Å²) in [5.41, 5.74) is 3.55. The Bertz CT molecular complexity index is 880. The molecule has 4 heterocycles.